The number of nitrogens with zero attached hydrogens (tertiary/aromatic N) is 1. The Bertz CT molecular complexity index is 981. The van der Waals surface area contributed by atoms with E-state index in [1.54, 1.807) is 41.3 Å². The zero-order valence-corrected chi connectivity index (χ0v) is 15.6. The fraction of sp³-hybridized carbons (Fsp3) is 0.263. The average molecular weight is 372 g/mol. The van der Waals surface area contributed by atoms with Crippen molar-refractivity contribution < 1.29 is 18.0 Å². The summed E-state index contributed by atoms with van der Waals surface area (Å²) in [6.45, 7) is 4.89. The maximum atomic E-state index is 12.7. The summed E-state index contributed by atoms with van der Waals surface area (Å²) >= 11 is 0. The summed E-state index contributed by atoms with van der Waals surface area (Å²) < 4.78 is 27.8. The minimum absolute atomic E-state index is 0.00698. The highest BCUT2D eigenvalue weighted by molar-refractivity contribution is 7.92. The second-order valence-electron chi connectivity index (χ2n) is 6.47. The highest BCUT2D eigenvalue weighted by Gasteiger charge is 2.30. The van der Waals surface area contributed by atoms with Gasteiger partial charge in [0, 0.05) is 29.9 Å². The van der Waals surface area contributed by atoms with Crippen LogP contribution in [0.15, 0.2) is 47.4 Å². The highest BCUT2D eigenvalue weighted by Crippen LogP contribution is 2.34. The molecule has 136 valence electrons. The third-order valence-electron chi connectivity index (χ3n) is 4.46. The monoisotopic (exact) mass is 372 g/mol. The highest BCUT2D eigenvalue weighted by atomic mass is 32.2. The van der Waals surface area contributed by atoms with E-state index in [1.807, 2.05) is 6.92 Å². The third-order valence-corrected chi connectivity index (χ3v) is 5.84. The molecule has 0 saturated heterocycles. The van der Waals surface area contributed by atoms with E-state index in [4.69, 9.17) is 0 Å². The van der Waals surface area contributed by atoms with Gasteiger partial charge in [0.25, 0.3) is 10.0 Å². The van der Waals surface area contributed by atoms with Crippen LogP contribution < -0.4 is 9.62 Å². The quantitative estimate of drug-likeness (QED) is 0.837. The van der Waals surface area contributed by atoms with Gasteiger partial charge in [-0.3, -0.25) is 14.3 Å². The van der Waals surface area contributed by atoms with E-state index in [2.05, 4.69) is 4.72 Å². The van der Waals surface area contributed by atoms with Crippen LogP contribution in [0.1, 0.15) is 36.7 Å². The van der Waals surface area contributed by atoms with Crippen molar-refractivity contribution >= 4 is 33.1 Å². The molecule has 0 radical (unpaired) electrons. The fourth-order valence-corrected chi connectivity index (χ4v) is 4.35. The predicted molar refractivity (Wildman–Crippen MR) is 100 cm³/mol. The first-order valence-electron chi connectivity index (χ1n) is 8.25. The number of benzene rings is 2. The predicted octanol–water partition coefficient (Wildman–Crippen LogP) is 2.99. The molecule has 0 unspecified atom stereocenters. The van der Waals surface area contributed by atoms with Crippen molar-refractivity contribution in [3.05, 3.63) is 53.6 Å². The van der Waals surface area contributed by atoms with Gasteiger partial charge in [-0.15, -0.1) is 0 Å². The lowest BCUT2D eigenvalue weighted by Gasteiger charge is -2.20. The average Bonchev–Trinajstić information content (AvgIpc) is 2.89. The smallest absolute Gasteiger partial charge is 0.261 e. The fourth-order valence-electron chi connectivity index (χ4n) is 3.24. The molecule has 1 aliphatic rings. The van der Waals surface area contributed by atoms with Crippen molar-refractivity contribution in [2.75, 3.05) is 9.62 Å². The van der Waals surface area contributed by atoms with Gasteiger partial charge in [0.1, 0.15) is 0 Å². The summed E-state index contributed by atoms with van der Waals surface area (Å²) in [5, 5.41) is 0. The standard InChI is InChI=1S/C19H20N2O4S/c1-12-10-16-11-18(8-9-19(16)21(12)14(3)23)26(24,25)20-17-6-4-15(5-7-17)13(2)22/h4-9,11-12,20H,10H2,1-3H3/t12-/m0/s1. The number of carbonyl (C=O) groups excluding carboxylic acids is 2. The van der Waals surface area contributed by atoms with E-state index in [1.165, 1.54) is 19.9 Å². The topological polar surface area (TPSA) is 83.6 Å². The number of amides is 1. The number of nitrogens with one attached hydrogen (secondary N) is 1. The van der Waals surface area contributed by atoms with E-state index in [0.29, 0.717) is 17.7 Å². The second-order valence-corrected chi connectivity index (χ2v) is 8.15. The number of carbonyl (C=O) groups is 2. The van der Waals surface area contributed by atoms with E-state index in [9.17, 15) is 18.0 Å². The largest absolute Gasteiger partial charge is 0.309 e. The molecule has 1 amide bonds. The Morgan fingerprint density at radius 2 is 1.73 bits per heavy atom. The summed E-state index contributed by atoms with van der Waals surface area (Å²) in [4.78, 5) is 24.9. The van der Waals surface area contributed by atoms with Crippen LogP contribution in [0.3, 0.4) is 0 Å². The molecule has 1 aliphatic heterocycles. The molecule has 0 saturated carbocycles. The first-order chi connectivity index (χ1) is 12.2. The van der Waals surface area contributed by atoms with Crippen molar-refractivity contribution in [2.45, 2.75) is 38.1 Å². The number of ketones is 1. The van der Waals surface area contributed by atoms with Gasteiger partial charge in [0.15, 0.2) is 5.78 Å². The van der Waals surface area contributed by atoms with Gasteiger partial charge in [-0.2, -0.15) is 0 Å². The molecule has 0 aromatic heterocycles. The molecule has 2 aromatic rings. The summed E-state index contributed by atoms with van der Waals surface area (Å²) in [6, 6.07) is 11.1. The zero-order chi connectivity index (χ0) is 19.1. The van der Waals surface area contributed by atoms with Gasteiger partial charge >= 0.3 is 0 Å². The van der Waals surface area contributed by atoms with Crippen LogP contribution >= 0.6 is 0 Å². The molecule has 0 fully saturated rings. The second kappa shape index (κ2) is 6.57. The number of sulfonamides is 1. The van der Waals surface area contributed by atoms with Crippen LogP contribution in [0.25, 0.3) is 0 Å². The van der Waals surface area contributed by atoms with E-state index in [-0.39, 0.29) is 22.6 Å². The molecule has 0 spiro atoms. The Morgan fingerprint density at radius 3 is 2.31 bits per heavy atom. The molecule has 26 heavy (non-hydrogen) atoms. The van der Waals surface area contributed by atoms with Crippen LogP contribution in [0.4, 0.5) is 11.4 Å². The minimum Gasteiger partial charge on any atom is -0.309 e. The van der Waals surface area contributed by atoms with Crippen LogP contribution in [0.5, 0.6) is 0 Å². The van der Waals surface area contributed by atoms with Gasteiger partial charge in [0.05, 0.1) is 4.90 Å². The summed E-state index contributed by atoms with van der Waals surface area (Å²) in [5.74, 6) is -0.141. The Morgan fingerprint density at radius 1 is 1.08 bits per heavy atom. The lowest BCUT2D eigenvalue weighted by atomic mass is 10.1. The maximum absolute atomic E-state index is 12.7. The molecule has 0 bridgehead atoms. The molecule has 2 aromatic carbocycles. The van der Waals surface area contributed by atoms with Crippen molar-refractivity contribution in [3.63, 3.8) is 0 Å². The molecule has 3 rings (SSSR count). The molecule has 6 nitrogen and oxygen atoms in total. The number of hydrogen-bond donors (Lipinski definition) is 1. The molecule has 1 N–H and O–H groups in total. The van der Waals surface area contributed by atoms with Gasteiger partial charge < -0.3 is 4.90 Å². The van der Waals surface area contributed by atoms with Crippen molar-refractivity contribution in [1.29, 1.82) is 0 Å². The summed E-state index contributed by atoms with van der Waals surface area (Å²) in [5.41, 5.74) is 2.50. The van der Waals surface area contributed by atoms with Gasteiger partial charge in [-0.1, -0.05) is 0 Å². The molecular weight excluding hydrogens is 352 g/mol. The molecule has 1 heterocycles. The first-order valence-corrected chi connectivity index (χ1v) is 9.74. The SMILES string of the molecule is CC(=O)c1ccc(NS(=O)(=O)c2ccc3c(c2)C[C@H](C)N3C(C)=O)cc1. The van der Waals surface area contributed by atoms with Crippen LogP contribution in [-0.2, 0) is 21.2 Å². The van der Waals surface area contributed by atoms with Crippen molar-refractivity contribution in [1.82, 2.24) is 0 Å². The van der Waals surface area contributed by atoms with Crippen molar-refractivity contribution in [3.8, 4) is 0 Å². The number of Topliss-reactive ketones (excluding diaryl/α,β-unsaturated/α-hetero) is 1. The Labute approximate surface area is 152 Å². The van der Waals surface area contributed by atoms with Crippen LogP contribution in [-0.4, -0.2) is 26.2 Å². The third kappa shape index (κ3) is 3.35. The van der Waals surface area contributed by atoms with Crippen molar-refractivity contribution in [2.24, 2.45) is 0 Å². The van der Waals surface area contributed by atoms with Crippen LogP contribution in [0, 0.1) is 0 Å². The van der Waals surface area contributed by atoms with E-state index >= 15 is 0 Å². The zero-order valence-electron chi connectivity index (χ0n) is 14.8. The minimum atomic E-state index is -3.76. The molecular formula is C19H20N2O4S. The summed E-state index contributed by atoms with van der Waals surface area (Å²) in [6.07, 6.45) is 0.617. The maximum Gasteiger partial charge on any atom is 0.261 e. The van der Waals surface area contributed by atoms with E-state index < -0.39 is 10.0 Å². The molecule has 1 atom stereocenters. The lowest BCUT2D eigenvalue weighted by Crippen LogP contribution is -2.33. The van der Waals surface area contributed by atoms with Gasteiger partial charge in [-0.25, -0.2) is 8.42 Å². The Hall–Kier alpha value is -2.67. The Balaban J connectivity index is 1.88. The summed E-state index contributed by atoms with van der Waals surface area (Å²) in [7, 11) is -3.76. The molecule has 0 aliphatic carbocycles. The number of hydrogen-bond acceptors (Lipinski definition) is 4. The number of fused-ring (bicyclic) bond motifs is 1. The normalized spacial score (nSPS) is 16.3. The molecule has 7 heteroatoms. The van der Waals surface area contributed by atoms with Crippen LogP contribution in [0.2, 0.25) is 0 Å². The Kier molecular flexibility index (Phi) is 4.58. The van der Waals surface area contributed by atoms with Gasteiger partial charge in [0.2, 0.25) is 5.91 Å². The first kappa shape index (κ1) is 18.1. The lowest BCUT2D eigenvalue weighted by molar-refractivity contribution is -0.116. The number of anilines is 2. The van der Waals surface area contributed by atoms with Gasteiger partial charge in [-0.05, 0) is 68.3 Å². The number of rotatable bonds is 4. The van der Waals surface area contributed by atoms with E-state index in [0.717, 1.165) is 11.3 Å².